The fourth-order valence-electron chi connectivity index (χ4n) is 2.95. The molecular weight excluding hydrogens is 599 g/mol. The van der Waals surface area contributed by atoms with Crippen molar-refractivity contribution in [3.63, 3.8) is 0 Å². The minimum atomic E-state index is -3.83. The summed E-state index contributed by atoms with van der Waals surface area (Å²) < 4.78 is 126. The molecule has 0 bridgehead atoms. The largest absolute Gasteiger partial charge is 0.420 e. The van der Waals surface area contributed by atoms with Gasteiger partial charge in [-0.1, -0.05) is 17.7 Å². The highest BCUT2D eigenvalue weighted by molar-refractivity contribution is 7.86. The number of esters is 1. The summed E-state index contributed by atoms with van der Waals surface area (Å²) in [4.78, 5) is 11.7. The molecular formula is C26H31F5O10S. The van der Waals surface area contributed by atoms with E-state index in [1.165, 1.54) is 12.1 Å². The fraction of sp³-hybridized carbons (Fsp3) is 0.500. The molecule has 236 valence electrons. The standard InChI is InChI=1S/C26H31F5O10S/c1-18-2-4-19(5-3-18)42(33,34)40-17-16-39-15-14-38-13-12-37-11-10-36-9-8-35-7-6-20(32)41-26-24(30)22(28)21(27)23(29)25(26)31/h2-5H,6-17H2,1H3. The summed E-state index contributed by atoms with van der Waals surface area (Å²) in [5, 5.41) is 0. The predicted molar refractivity (Wildman–Crippen MR) is 135 cm³/mol. The Labute approximate surface area is 239 Å². The Morgan fingerprint density at radius 2 is 0.976 bits per heavy atom. The van der Waals surface area contributed by atoms with Crippen molar-refractivity contribution in [3.8, 4) is 5.75 Å². The van der Waals surface area contributed by atoms with Gasteiger partial charge in [0.05, 0.1) is 84.0 Å². The second-order valence-corrected chi connectivity index (χ2v) is 9.89. The lowest BCUT2D eigenvalue weighted by Gasteiger charge is -2.09. The normalized spacial score (nSPS) is 11.7. The van der Waals surface area contributed by atoms with Crippen LogP contribution in [0.25, 0.3) is 0 Å². The molecule has 0 atom stereocenters. The van der Waals surface area contributed by atoms with Gasteiger partial charge in [0.2, 0.25) is 34.8 Å². The van der Waals surface area contributed by atoms with E-state index < -0.39 is 57.3 Å². The number of rotatable bonds is 21. The van der Waals surface area contributed by atoms with Crippen molar-refractivity contribution in [2.45, 2.75) is 18.2 Å². The van der Waals surface area contributed by atoms with Gasteiger partial charge in [0.25, 0.3) is 10.1 Å². The van der Waals surface area contributed by atoms with Gasteiger partial charge in [-0.05, 0) is 19.1 Å². The molecule has 10 nitrogen and oxygen atoms in total. The quantitative estimate of drug-likeness (QED) is 0.0386. The first-order chi connectivity index (χ1) is 20.0. The number of hydrogen-bond donors (Lipinski definition) is 0. The summed E-state index contributed by atoms with van der Waals surface area (Å²) in [5.41, 5.74) is 0.936. The highest BCUT2D eigenvalue weighted by atomic mass is 32.2. The van der Waals surface area contributed by atoms with E-state index >= 15 is 0 Å². The third-order valence-electron chi connectivity index (χ3n) is 5.10. The van der Waals surface area contributed by atoms with Gasteiger partial charge in [-0.15, -0.1) is 0 Å². The number of carbonyl (C=O) groups is 1. The van der Waals surface area contributed by atoms with Crippen molar-refractivity contribution in [2.75, 3.05) is 72.7 Å². The second-order valence-electron chi connectivity index (χ2n) is 8.27. The molecule has 0 unspecified atom stereocenters. The van der Waals surface area contributed by atoms with Gasteiger partial charge in [-0.3, -0.25) is 8.98 Å². The highest BCUT2D eigenvalue weighted by Crippen LogP contribution is 2.29. The van der Waals surface area contributed by atoms with Crippen molar-refractivity contribution in [3.05, 3.63) is 58.9 Å². The molecule has 0 saturated heterocycles. The number of hydrogen-bond acceptors (Lipinski definition) is 10. The third kappa shape index (κ3) is 12.2. The topological polar surface area (TPSA) is 116 Å². The van der Waals surface area contributed by atoms with Crippen molar-refractivity contribution in [1.29, 1.82) is 0 Å². The lowest BCUT2D eigenvalue weighted by molar-refractivity contribution is -0.136. The Morgan fingerprint density at radius 3 is 1.43 bits per heavy atom. The lowest BCUT2D eigenvalue weighted by Crippen LogP contribution is -2.16. The van der Waals surface area contributed by atoms with Crippen LogP contribution >= 0.6 is 0 Å². The molecule has 0 aliphatic carbocycles. The summed E-state index contributed by atoms with van der Waals surface area (Å²) in [7, 11) is -3.83. The second kappa shape index (κ2) is 18.7. The molecule has 0 aliphatic heterocycles. The predicted octanol–water partition coefficient (Wildman–Crippen LogP) is 3.47. The maximum absolute atomic E-state index is 13.5. The summed E-state index contributed by atoms with van der Waals surface area (Å²) in [6.07, 6.45) is -0.503. The lowest BCUT2D eigenvalue weighted by atomic mass is 10.2. The van der Waals surface area contributed by atoms with Gasteiger partial charge in [-0.25, -0.2) is 13.2 Å². The first-order valence-electron chi connectivity index (χ1n) is 12.6. The maximum Gasteiger partial charge on any atom is 0.313 e. The van der Waals surface area contributed by atoms with E-state index in [1.807, 2.05) is 6.92 Å². The molecule has 2 rings (SSSR count). The number of carbonyl (C=O) groups excluding carboxylic acids is 1. The first kappa shape index (κ1) is 35.5. The molecule has 0 radical (unpaired) electrons. The highest BCUT2D eigenvalue weighted by Gasteiger charge is 2.28. The number of benzene rings is 2. The summed E-state index contributed by atoms with van der Waals surface area (Å²) in [6, 6.07) is 6.31. The molecule has 0 aliphatic rings. The zero-order valence-electron chi connectivity index (χ0n) is 22.7. The maximum atomic E-state index is 13.5. The average molecular weight is 631 g/mol. The van der Waals surface area contributed by atoms with E-state index in [9.17, 15) is 35.2 Å². The molecule has 0 spiro atoms. The van der Waals surface area contributed by atoms with Gasteiger partial charge in [0.15, 0.2) is 0 Å². The fourth-order valence-corrected chi connectivity index (χ4v) is 3.85. The smallest absolute Gasteiger partial charge is 0.313 e. The summed E-state index contributed by atoms with van der Waals surface area (Å²) >= 11 is 0. The molecule has 0 fully saturated rings. The number of halogens is 5. The Hall–Kier alpha value is -2.73. The van der Waals surface area contributed by atoms with Crippen LogP contribution in [0.3, 0.4) is 0 Å². The molecule has 2 aromatic carbocycles. The molecule has 0 amide bonds. The van der Waals surface area contributed by atoms with E-state index in [0.29, 0.717) is 13.2 Å². The van der Waals surface area contributed by atoms with Crippen LogP contribution in [0.4, 0.5) is 22.0 Å². The number of ether oxygens (including phenoxy) is 6. The van der Waals surface area contributed by atoms with Crippen molar-refractivity contribution >= 4 is 16.1 Å². The van der Waals surface area contributed by atoms with Gasteiger partial charge in [0.1, 0.15) is 0 Å². The zero-order valence-corrected chi connectivity index (χ0v) is 23.5. The third-order valence-corrected chi connectivity index (χ3v) is 6.43. The first-order valence-corrected chi connectivity index (χ1v) is 14.0. The Morgan fingerprint density at radius 1 is 0.595 bits per heavy atom. The molecule has 2 aromatic rings. The van der Waals surface area contributed by atoms with E-state index in [0.717, 1.165) is 5.56 Å². The van der Waals surface area contributed by atoms with Crippen LogP contribution in [0.2, 0.25) is 0 Å². The van der Waals surface area contributed by atoms with Crippen molar-refractivity contribution in [1.82, 2.24) is 0 Å². The van der Waals surface area contributed by atoms with Gasteiger partial charge >= 0.3 is 5.97 Å². The van der Waals surface area contributed by atoms with Gasteiger partial charge < -0.3 is 28.4 Å². The van der Waals surface area contributed by atoms with Crippen LogP contribution in [0.15, 0.2) is 29.2 Å². The molecule has 0 heterocycles. The van der Waals surface area contributed by atoms with Crippen molar-refractivity contribution in [2.24, 2.45) is 0 Å². The van der Waals surface area contributed by atoms with E-state index in [2.05, 4.69) is 4.74 Å². The van der Waals surface area contributed by atoms with Crippen LogP contribution in [0.5, 0.6) is 5.75 Å². The van der Waals surface area contributed by atoms with Crippen molar-refractivity contribution < 1.29 is 67.8 Å². The Kier molecular flexibility index (Phi) is 15.8. The Balaban J connectivity index is 1.37. The minimum absolute atomic E-state index is 0.0574. The monoisotopic (exact) mass is 630 g/mol. The Bertz CT molecular complexity index is 1200. The van der Waals surface area contributed by atoms with Gasteiger partial charge in [-0.2, -0.15) is 17.2 Å². The SMILES string of the molecule is Cc1ccc(S(=O)(=O)OCCOCCOCCOCCOCCOCCC(=O)Oc2c(F)c(F)c(F)c(F)c2F)cc1. The summed E-state index contributed by atoms with van der Waals surface area (Å²) in [5.74, 6) is -14.2. The number of aryl methyl sites for hydroxylation is 1. The zero-order chi connectivity index (χ0) is 31.0. The van der Waals surface area contributed by atoms with Crippen LogP contribution in [0.1, 0.15) is 12.0 Å². The van der Waals surface area contributed by atoms with Crippen LogP contribution in [-0.4, -0.2) is 87.1 Å². The van der Waals surface area contributed by atoms with Crippen LogP contribution < -0.4 is 4.74 Å². The molecule has 16 heteroatoms. The van der Waals surface area contributed by atoms with E-state index in [-0.39, 0.29) is 64.4 Å². The van der Waals surface area contributed by atoms with E-state index in [1.54, 1.807) is 12.1 Å². The molecule has 0 aromatic heterocycles. The average Bonchev–Trinajstić information content (AvgIpc) is 2.96. The van der Waals surface area contributed by atoms with Crippen LogP contribution in [-0.2, 0) is 42.8 Å². The van der Waals surface area contributed by atoms with E-state index in [4.69, 9.17) is 27.9 Å². The van der Waals surface area contributed by atoms with Crippen LogP contribution in [0, 0.1) is 36.0 Å². The minimum Gasteiger partial charge on any atom is -0.420 e. The summed E-state index contributed by atoms with van der Waals surface area (Å²) in [6.45, 7) is 3.37. The van der Waals surface area contributed by atoms with Gasteiger partial charge in [0, 0.05) is 0 Å². The molecule has 0 N–H and O–H groups in total. The molecule has 42 heavy (non-hydrogen) atoms. The molecule has 0 saturated carbocycles.